The Morgan fingerprint density at radius 3 is 2.78 bits per heavy atom. The molecule has 9 heavy (non-hydrogen) atoms. The molecule has 0 aliphatic carbocycles. The number of halogens is 1. The Morgan fingerprint density at radius 1 is 1.56 bits per heavy atom. The van der Waals surface area contributed by atoms with E-state index in [-0.39, 0.29) is 0 Å². The van der Waals surface area contributed by atoms with Crippen LogP contribution in [0.15, 0.2) is 0 Å². The maximum absolute atomic E-state index is 5.41. The Morgan fingerprint density at radius 2 is 2.33 bits per heavy atom. The van der Waals surface area contributed by atoms with Crippen molar-refractivity contribution in [3.8, 4) is 0 Å². The minimum Gasteiger partial charge on any atom is -0.330 e. The Labute approximate surface area is 64.3 Å². The third-order valence-electron chi connectivity index (χ3n) is 1.72. The van der Waals surface area contributed by atoms with Gasteiger partial charge in [0.15, 0.2) is 0 Å². The second-order valence-corrected chi connectivity index (χ2v) is 3.62. The summed E-state index contributed by atoms with van der Waals surface area (Å²) < 4.78 is 0. The third-order valence-corrected chi connectivity index (χ3v) is 2.75. The molecule has 1 aliphatic heterocycles. The lowest BCUT2D eigenvalue weighted by Gasteiger charge is -2.09. The first kappa shape index (κ1) is 7.51. The monoisotopic (exact) mass is 191 g/mol. The summed E-state index contributed by atoms with van der Waals surface area (Å²) in [6.45, 7) is 2.78. The van der Waals surface area contributed by atoms with Crippen molar-refractivity contribution in [2.24, 2.45) is 11.7 Å². The van der Waals surface area contributed by atoms with Crippen molar-refractivity contribution in [1.82, 2.24) is 5.32 Å². The molecule has 0 aromatic heterocycles. The van der Waals surface area contributed by atoms with Crippen LogP contribution in [0.4, 0.5) is 0 Å². The van der Waals surface area contributed by atoms with E-state index in [1.807, 2.05) is 0 Å². The molecule has 0 aromatic carbocycles. The number of alkyl halides is 1. The van der Waals surface area contributed by atoms with Crippen molar-refractivity contribution in [2.45, 2.75) is 11.2 Å². The van der Waals surface area contributed by atoms with Gasteiger partial charge in [0, 0.05) is 17.9 Å². The van der Waals surface area contributed by atoms with E-state index >= 15 is 0 Å². The molecule has 0 saturated carbocycles. The van der Waals surface area contributed by atoms with Crippen molar-refractivity contribution < 1.29 is 0 Å². The van der Waals surface area contributed by atoms with E-state index in [1.54, 1.807) is 0 Å². The summed E-state index contributed by atoms with van der Waals surface area (Å²) in [5, 5.41) is 4.26. The predicted molar refractivity (Wildman–Crippen MR) is 41.7 cm³/mol. The molecule has 1 rings (SSSR count). The van der Waals surface area contributed by atoms with Gasteiger partial charge in [0.2, 0.25) is 0 Å². The van der Waals surface area contributed by atoms with Crippen LogP contribution in [0.1, 0.15) is 6.42 Å². The van der Waals surface area contributed by atoms with Gasteiger partial charge in [-0.05, 0) is 18.9 Å². The van der Waals surface area contributed by atoms with Crippen LogP contribution in [-0.4, -0.2) is 24.5 Å². The fourth-order valence-corrected chi connectivity index (χ4v) is 1.75. The highest BCUT2D eigenvalue weighted by Gasteiger charge is 2.24. The fraction of sp³-hybridized carbons (Fsp3) is 1.00. The molecule has 0 amide bonds. The molecule has 2 unspecified atom stereocenters. The summed E-state index contributed by atoms with van der Waals surface area (Å²) in [5.74, 6) is 0.704. The van der Waals surface area contributed by atoms with E-state index in [9.17, 15) is 0 Å². The van der Waals surface area contributed by atoms with Crippen LogP contribution in [0.3, 0.4) is 0 Å². The number of nitrogens with two attached hydrogens (primary N) is 1. The summed E-state index contributed by atoms with van der Waals surface area (Å²) in [5.41, 5.74) is 5.41. The lowest BCUT2D eigenvalue weighted by atomic mass is 10.1. The molecule has 0 spiro atoms. The van der Waals surface area contributed by atoms with Gasteiger partial charge >= 0.3 is 0 Å². The predicted octanol–water partition coefficient (Wildman–Crippen LogP) is 0.333. The van der Waals surface area contributed by atoms with Gasteiger partial charge in [-0.3, -0.25) is 0 Å². The van der Waals surface area contributed by atoms with Crippen LogP contribution in [-0.2, 0) is 0 Å². The van der Waals surface area contributed by atoms with Crippen LogP contribution < -0.4 is 11.1 Å². The molecular weight excluding hydrogens is 180 g/mol. The summed E-state index contributed by atoms with van der Waals surface area (Å²) in [6, 6.07) is 0. The molecular formula is C6H12BrN2. The second-order valence-electron chi connectivity index (χ2n) is 2.44. The van der Waals surface area contributed by atoms with Gasteiger partial charge in [-0.2, -0.15) is 0 Å². The fourth-order valence-electron chi connectivity index (χ4n) is 1.11. The highest BCUT2D eigenvalue weighted by molar-refractivity contribution is 9.09. The van der Waals surface area contributed by atoms with Gasteiger partial charge in [-0.25, -0.2) is 5.32 Å². The zero-order chi connectivity index (χ0) is 6.69. The SMILES string of the molecule is NCCC1C[N]CC1Br. The highest BCUT2D eigenvalue weighted by atomic mass is 79.9. The molecule has 2 nitrogen and oxygen atoms in total. The molecule has 1 fully saturated rings. The van der Waals surface area contributed by atoms with Crippen molar-refractivity contribution in [3.05, 3.63) is 0 Å². The Hall–Kier alpha value is 0.400. The van der Waals surface area contributed by atoms with Gasteiger partial charge < -0.3 is 5.73 Å². The molecule has 2 N–H and O–H groups in total. The minimum absolute atomic E-state index is 0.598. The van der Waals surface area contributed by atoms with Gasteiger partial charge in [0.25, 0.3) is 0 Å². The molecule has 0 bridgehead atoms. The van der Waals surface area contributed by atoms with Gasteiger partial charge in [-0.15, -0.1) is 0 Å². The molecule has 2 atom stereocenters. The second kappa shape index (κ2) is 3.54. The van der Waals surface area contributed by atoms with Crippen LogP contribution in [0.25, 0.3) is 0 Å². The van der Waals surface area contributed by atoms with Crippen LogP contribution in [0, 0.1) is 5.92 Å². The van der Waals surface area contributed by atoms with E-state index < -0.39 is 0 Å². The zero-order valence-corrected chi connectivity index (χ0v) is 6.97. The molecule has 1 heterocycles. The third kappa shape index (κ3) is 1.92. The van der Waals surface area contributed by atoms with Gasteiger partial charge in [-0.1, -0.05) is 15.9 Å². The lowest BCUT2D eigenvalue weighted by Crippen LogP contribution is -2.15. The van der Waals surface area contributed by atoms with Crippen LogP contribution in [0.2, 0.25) is 0 Å². The van der Waals surface area contributed by atoms with Crippen molar-refractivity contribution in [1.29, 1.82) is 0 Å². The molecule has 1 aliphatic rings. The normalized spacial score (nSPS) is 35.3. The largest absolute Gasteiger partial charge is 0.330 e. The maximum Gasteiger partial charge on any atom is 0.0328 e. The molecule has 1 radical (unpaired) electrons. The van der Waals surface area contributed by atoms with E-state index in [1.165, 1.54) is 0 Å². The van der Waals surface area contributed by atoms with Crippen LogP contribution in [0.5, 0.6) is 0 Å². The first-order valence-electron chi connectivity index (χ1n) is 3.32. The summed E-state index contributed by atoms with van der Waals surface area (Å²) in [6.07, 6.45) is 1.11. The lowest BCUT2D eigenvalue weighted by molar-refractivity contribution is 0.553. The minimum atomic E-state index is 0.598. The average molecular weight is 192 g/mol. The number of nitrogens with zero attached hydrogens (tertiary/aromatic N) is 1. The molecule has 0 aromatic rings. The Balaban J connectivity index is 2.22. The summed E-state index contributed by atoms with van der Waals surface area (Å²) in [7, 11) is 0. The molecule has 3 heteroatoms. The quantitative estimate of drug-likeness (QED) is 0.629. The first-order valence-corrected chi connectivity index (χ1v) is 4.23. The highest BCUT2D eigenvalue weighted by Crippen LogP contribution is 2.20. The zero-order valence-electron chi connectivity index (χ0n) is 5.39. The topological polar surface area (TPSA) is 40.1 Å². The van der Waals surface area contributed by atoms with Crippen LogP contribution >= 0.6 is 15.9 Å². The summed E-state index contributed by atoms with van der Waals surface area (Å²) in [4.78, 5) is 0.598. The van der Waals surface area contributed by atoms with Gasteiger partial charge in [0.05, 0.1) is 0 Å². The van der Waals surface area contributed by atoms with E-state index in [4.69, 9.17) is 5.73 Å². The number of hydrogen-bond acceptors (Lipinski definition) is 1. The molecule has 53 valence electrons. The smallest absolute Gasteiger partial charge is 0.0328 e. The standard InChI is InChI=1S/C6H12BrN2/c7-6-4-9-3-5(6)1-2-8/h5-6H,1-4,8H2. The van der Waals surface area contributed by atoms with E-state index in [0.717, 1.165) is 26.1 Å². The van der Waals surface area contributed by atoms with E-state index in [0.29, 0.717) is 10.7 Å². The van der Waals surface area contributed by atoms with Gasteiger partial charge in [0.1, 0.15) is 0 Å². The number of hydrogen-bond donors (Lipinski definition) is 1. The van der Waals surface area contributed by atoms with E-state index in [2.05, 4.69) is 21.2 Å². The van der Waals surface area contributed by atoms with Crippen molar-refractivity contribution in [2.75, 3.05) is 19.6 Å². The molecule has 1 saturated heterocycles. The summed E-state index contributed by atoms with van der Waals surface area (Å²) >= 11 is 3.56. The van der Waals surface area contributed by atoms with Crippen molar-refractivity contribution >= 4 is 15.9 Å². The number of rotatable bonds is 2. The Kier molecular flexibility index (Phi) is 2.95. The Bertz CT molecular complexity index is 87.1. The maximum atomic E-state index is 5.41. The average Bonchev–Trinajstić information content (AvgIpc) is 2.18. The first-order chi connectivity index (χ1) is 4.34. The van der Waals surface area contributed by atoms with Crippen molar-refractivity contribution in [3.63, 3.8) is 0 Å².